The van der Waals surface area contributed by atoms with Crippen LogP contribution in [0, 0.1) is 0 Å². The molecule has 76 valence electrons. The number of hydrogen-bond donors (Lipinski definition) is 1. The molecule has 2 heterocycles. The molecule has 1 aliphatic rings. The molecule has 2 atom stereocenters. The third kappa shape index (κ3) is 1.41. The van der Waals surface area contributed by atoms with Crippen LogP contribution in [-0.4, -0.2) is 21.5 Å². The fourth-order valence-corrected chi connectivity index (χ4v) is 2.13. The van der Waals surface area contributed by atoms with E-state index in [-0.39, 0.29) is 11.9 Å². The van der Waals surface area contributed by atoms with Crippen LogP contribution in [0.5, 0.6) is 0 Å². The van der Waals surface area contributed by atoms with Gasteiger partial charge in [-0.25, -0.2) is 4.98 Å². The summed E-state index contributed by atoms with van der Waals surface area (Å²) in [4.78, 5) is 15.4. The van der Waals surface area contributed by atoms with Crippen LogP contribution in [0.3, 0.4) is 0 Å². The van der Waals surface area contributed by atoms with Crippen LogP contribution in [0.15, 0.2) is 12.5 Å². The fraction of sp³-hybridized carbons (Fsp3) is 0.600. The standard InChI is InChI=1S/C10H15N3O/c1-3-8-7(4-10(14)12-8)9-5-11-6-13(9)2/h5-8H,3-4H2,1-2H3,(H,12,14). The van der Waals surface area contributed by atoms with Gasteiger partial charge in [-0.3, -0.25) is 4.79 Å². The zero-order valence-corrected chi connectivity index (χ0v) is 8.53. The smallest absolute Gasteiger partial charge is 0.220 e. The molecule has 2 unspecified atom stereocenters. The van der Waals surface area contributed by atoms with Gasteiger partial charge in [-0.1, -0.05) is 6.92 Å². The highest BCUT2D eigenvalue weighted by Crippen LogP contribution is 2.29. The van der Waals surface area contributed by atoms with Gasteiger partial charge in [-0.2, -0.15) is 0 Å². The maximum Gasteiger partial charge on any atom is 0.220 e. The molecule has 0 radical (unpaired) electrons. The van der Waals surface area contributed by atoms with E-state index in [1.807, 2.05) is 17.8 Å². The number of nitrogens with one attached hydrogen (secondary N) is 1. The summed E-state index contributed by atoms with van der Waals surface area (Å²) < 4.78 is 1.99. The van der Waals surface area contributed by atoms with E-state index >= 15 is 0 Å². The molecule has 0 spiro atoms. The van der Waals surface area contributed by atoms with Gasteiger partial charge >= 0.3 is 0 Å². The molecule has 1 N–H and O–H groups in total. The highest BCUT2D eigenvalue weighted by molar-refractivity contribution is 5.80. The molecule has 4 heteroatoms. The van der Waals surface area contributed by atoms with Gasteiger partial charge < -0.3 is 9.88 Å². The summed E-state index contributed by atoms with van der Waals surface area (Å²) >= 11 is 0. The summed E-state index contributed by atoms with van der Waals surface area (Å²) in [6.07, 6.45) is 5.21. The van der Waals surface area contributed by atoms with Crippen LogP contribution >= 0.6 is 0 Å². The molecule has 1 amide bonds. The Kier molecular flexibility index (Phi) is 2.27. The molecule has 1 aromatic rings. The van der Waals surface area contributed by atoms with E-state index < -0.39 is 0 Å². The molecule has 4 nitrogen and oxygen atoms in total. The second-order valence-electron chi connectivity index (χ2n) is 3.82. The minimum absolute atomic E-state index is 0.156. The van der Waals surface area contributed by atoms with Crippen molar-refractivity contribution >= 4 is 5.91 Å². The first kappa shape index (κ1) is 9.24. The molecule has 2 rings (SSSR count). The molecule has 1 saturated heterocycles. The maximum absolute atomic E-state index is 11.3. The number of aromatic nitrogens is 2. The Hall–Kier alpha value is -1.32. The Balaban J connectivity index is 2.26. The van der Waals surface area contributed by atoms with Gasteiger partial charge in [0.2, 0.25) is 5.91 Å². The summed E-state index contributed by atoms with van der Waals surface area (Å²) in [5.74, 6) is 0.447. The lowest BCUT2D eigenvalue weighted by Gasteiger charge is -2.16. The minimum atomic E-state index is 0.156. The zero-order chi connectivity index (χ0) is 10.1. The number of nitrogens with zero attached hydrogens (tertiary/aromatic N) is 2. The summed E-state index contributed by atoms with van der Waals surface area (Å²) in [7, 11) is 1.97. The number of amides is 1. The molecular weight excluding hydrogens is 178 g/mol. The molecule has 0 aromatic carbocycles. The predicted molar refractivity (Wildman–Crippen MR) is 52.8 cm³/mol. The lowest BCUT2D eigenvalue weighted by atomic mass is 9.95. The molecule has 1 aliphatic heterocycles. The first-order chi connectivity index (χ1) is 6.72. The van der Waals surface area contributed by atoms with Crippen molar-refractivity contribution in [2.75, 3.05) is 0 Å². The van der Waals surface area contributed by atoms with Gasteiger partial charge in [0.05, 0.1) is 6.33 Å². The summed E-state index contributed by atoms with van der Waals surface area (Å²) in [5, 5.41) is 2.99. The van der Waals surface area contributed by atoms with Gasteiger partial charge in [0.15, 0.2) is 0 Å². The Morgan fingerprint density at radius 2 is 2.50 bits per heavy atom. The highest BCUT2D eigenvalue weighted by atomic mass is 16.2. The van der Waals surface area contributed by atoms with Crippen molar-refractivity contribution in [2.45, 2.75) is 31.7 Å². The molecule has 1 fully saturated rings. The number of carbonyl (C=O) groups is 1. The highest BCUT2D eigenvalue weighted by Gasteiger charge is 2.33. The van der Waals surface area contributed by atoms with Crippen molar-refractivity contribution < 1.29 is 4.79 Å². The van der Waals surface area contributed by atoms with Gasteiger partial charge in [0.1, 0.15) is 0 Å². The normalized spacial score (nSPS) is 26.6. The van der Waals surface area contributed by atoms with E-state index in [1.54, 1.807) is 6.33 Å². The van der Waals surface area contributed by atoms with Gasteiger partial charge in [-0.15, -0.1) is 0 Å². The fourth-order valence-electron chi connectivity index (χ4n) is 2.13. The van der Waals surface area contributed by atoms with Gasteiger partial charge in [0, 0.05) is 37.3 Å². The Morgan fingerprint density at radius 3 is 3.07 bits per heavy atom. The molecule has 0 saturated carbocycles. The summed E-state index contributed by atoms with van der Waals surface area (Å²) in [6, 6.07) is 0.276. The van der Waals surface area contributed by atoms with Crippen molar-refractivity contribution in [2.24, 2.45) is 7.05 Å². The number of rotatable bonds is 2. The average molecular weight is 193 g/mol. The minimum Gasteiger partial charge on any atom is -0.353 e. The van der Waals surface area contributed by atoms with Crippen LogP contribution in [0.25, 0.3) is 0 Å². The first-order valence-corrected chi connectivity index (χ1v) is 4.98. The molecular formula is C10H15N3O. The lowest BCUT2D eigenvalue weighted by molar-refractivity contribution is -0.119. The maximum atomic E-state index is 11.3. The number of aryl methyl sites for hydroxylation is 1. The van der Waals surface area contributed by atoms with E-state index in [2.05, 4.69) is 17.2 Å². The van der Waals surface area contributed by atoms with Crippen LogP contribution < -0.4 is 5.32 Å². The second kappa shape index (κ2) is 3.44. The van der Waals surface area contributed by atoms with E-state index in [0.29, 0.717) is 12.3 Å². The number of imidazole rings is 1. The average Bonchev–Trinajstić information content (AvgIpc) is 2.71. The number of hydrogen-bond acceptors (Lipinski definition) is 2. The van der Waals surface area contributed by atoms with Crippen LogP contribution in [0.1, 0.15) is 31.4 Å². The third-order valence-corrected chi connectivity index (χ3v) is 2.91. The lowest BCUT2D eigenvalue weighted by Crippen LogP contribution is -2.27. The quantitative estimate of drug-likeness (QED) is 0.755. The van der Waals surface area contributed by atoms with Crippen molar-refractivity contribution in [3.8, 4) is 0 Å². The third-order valence-electron chi connectivity index (χ3n) is 2.91. The van der Waals surface area contributed by atoms with Gasteiger partial charge in [0.25, 0.3) is 0 Å². The second-order valence-corrected chi connectivity index (χ2v) is 3.82. The SMILES string of the molecule is CCC1NC(=O)CC1c1cncn1C. The van der Waals surface area contributed by atoms with Crippen molar-refractivity contribution in [1.82, 2.24) is 14.9 Å². The van der Waals surface area contributed by atoms with Crippen LogP contribution in [0.2, 0.25) is 0 Å². The monoisotopic (exact) mass is 193 g/mol. The largest absolute Gasteiger partial charge is 0.353 e. The number of carbonyl (C=O) groups excluding carboxylic acids is 1. The zero-order valence-electron chi connectivity index (χ0n) is 8.53. The van der Waals surface area contributed by atoms with Crippen LogP contribution in [-0.2, 0) is 11.8 Å². The van der Waals surface area contributed by atoms with Gasteiger partial charge in [-0.05, 0) is 6.42 Å². The van der Waals surface area contributed by atoms with Crippen molar-refractivity contribution in [1.29, 1.82) is 0 Å². The van der Waals surface area contributed by atoms with E-state index in [9.17, 15) is 4.79 Å². The van der Waals surface area contributed by atoms with Crippen molar-refractivity contribution in [3.05, 3.63) is 18.2 Å². The Labute approximate surface area is 83.3 Å². The van der Waals surface area contributed by atoms with E-state index in [4.69, 9.17) is 0 Å². The van der Waals surface area contributed by atoms with E-state index in [1.165, 1.54) is 0 Å². The first-order valence-electron chi connectivity index (χ1n) is 4.98. The summed E-state index contributed by atoms with van der Waals surface area (Å²) in [5.41, 5.74) is 1.15. The van der Waals surface area contributed by atoms with Crippen LogP contribution in [0.4, 0.5) is 0 Å². The molecule has 1 aromatic heterocycles. The topological polar surface area (TPSA) is 46.9 Å². The molecule has 0 aliphatic carbocycles. The predicted octanol–water partition coefficient (Wildman–Crippen LogP) is 0.802. The van der Waals surface area contributed by atoms with Crippen molar-refractivity contribution in [3.63, 3.8) is 0 Å². The van der Waals surface area contributed by atoms with E-state index in [0.717, 1.165) is 12.1 Å². The summed E-state index contributed by atoms with van der Waals surface area (Å²) in [6.45, 7) is 2.10. The Bertz CT molecular complexity index is 345. The molecule has 14 heavy (non-hydrogen) atoms. The molecule has 0 bridgehead atoms. The Morgan fingerprint density at radius 1 is 1.71 bits per heavy atom.